The highest BCUT2D eigenvalue weighted by Gasteiger charge is 2.05. The summed E-state index contributed by atoms with van der Waals surface area (Å²) in [6, 6.07) is 11.1. The average molecular weight is 317 g/mol. The van der Waals surface area contributed by atoms with Gasteiger partial charge in [-0.3, -0.25) is 4.79 Å². The number of methoxy groups -OCH3 is 1. The van der Waals surface area contributed by atoms with E-state index in [0.29, 0.717) is 18.5 Å². The minimum Gasteiger partial charge on any atom is -0.465 e. The van der Waals surface area contributed by atoms with Gasteiger partial charge in [-0.2, -0.15) is 0 Å². The monoisotopic (exact) mass is 317 g/mol. The van der Waals surface area contributed by atoms with E-state index in [1.54, 1.807) is 23.5 Å². The number of rotatable bonds is 7. The maximum atomic E-state index is 11.8. The molecule has 1 aromatic heterocycles. The fourth-order valence-electron chi connectivity index (χ4n) is 2.04. The topological polar surface area (TPSA) is 55.4 Å². The molecule has 22 heavy (non-hydrogen) atoms. The van der Waals surface area contributed by atoms with Gasteiger partial charge in [-0.05, 0) is 42.0 Å². The minimum atomic E-state index is -0.357. The fraction of sp³-hybridized carbons (Fsp3) is 0.294. The van der Waals surface area contributed by atoms with Crippen LogP contribution in [0.5, 0.6) is 0 Å². The first-order chi connectivity index (χ1) is 10.7. The number of hydrogen-bond donors (Lipinski definition) is 1. The van der Waals surface area contributed by atoms with Crippen molar-refractivity contribution in [3.63, 3.8) is 0 Å². The number of hydrogen-bond acceptors (Lipinski definition) is 4. The number of aryl methyl sites for hydroxylation is 1. The number of benzene rings is 1. The second-order valence-electron chi connectivity index (χ2n) is 4.90. The molecule has 0 unspecified atom stereocenters. The Labute approximate surface area is 134 Å². The Balaban J connectivity index is 1.70. The van der Waals surface area contributed by atoms with Crippen LogP contribution in [0.1, 0.15) is 33.6 Å². The van der Waals surface area contributed by atoms with Gasteiger partial charge in [0.15, 0.2) is 0 Å². The maximum Gasteiger partial charge on any atom is 0.337 e. The molecular weight excluding hydrogens is 298 g/mol. The van der Waals surface area contributed by atoms with Crippen molar-refractivity contribution in [3.05, 3.63) is 57.8 Å². The first-order valence-electron chi connectivity index (χ1n) is 7.15. The summed E-state index contributed by atoms with van der Waals surface area (Å²) in [5, 5.41) is 4.94. The molecule has 0 atom stereocenters. The van der Waals surface area contributed by atoms with E-state index in [1.165, 1.54) is 12.0 Å². The van der Waals surface area contributed by atoms with E-state index < -0.39 is 0 Å². The van der Waals surface area contributed by atoms with E-state index >= 15 is 0 Å². The van der Waals surface area contributed by atoms with Crippen LogP contribution >= 0.6 is 11.3 Å². The van der Waals surface area contributed by atoms with Crippen molar-refractivity contribution in [1.29, 1.82) is 0 Å². The maximum absolute atomic E-state index is 11.8. The van der Waals surface area contributed by atoms with Crippen molar-refractivity contribution in [1.82, 2.24) is 5.32 Å². The molecule has 1 heterocycles. The summed E-state index contributed by atoms with van der Waals surface area (Å²) in [6.45, 7) is 0.472. The van der Waals surface area contributed by atoms with Crippen LogP contribution in [0.25, 0.3) is 0 Å². The largest absolute Gasteiger partial charge is 0.465 e. The Morgan fingerprint density at radius 3 is 2.59 bits per heavy atom. The highest BCUT2D eigenvalue weighted by atomic mass is 32.1. The zero-order valence-electron chi connectivity index (χ0n) is 12.5. The molecule has 5 heteroatoms. The number of carbonyl (C=O) groups is 2. The molecule has 1 amide bonds. The lowest BCUT2D eigenvalue weighted by Gasteiger charge is -2.06. The van der Waals surface area contributed by atoms with E-state index in [-0.39, 0.29) is 11.9 Å². The van der Waals surface area contributed by atoms with E-state index in [2.05, 4.69) is 16.1 Å². The summed E-state index contributed by atoms with van der Waals surface area (Å²) < 4.78 is 4.64. The van der Waals surface area contributed by atoms with Gasteiger partial charge >= 0.3 is 5.97 Å². The van der Waals surface area contributed by atoms with Gasteiger partial charge in [0.2, 0.25) is 5.91 Å². The van der Waals surface area contributed by atoms with Gasteiger partial charge in [0, 0.05) is 17.8 Å². The molecule has 2 aromatic rings. The number of esters is 1. The van der Waals surface area contributed by atoms with Crippen LogP contribution in [0.3, 0.4) is 0 Å². The second kappa shape index (κ2) is 8.34. The summed E-state index contributed by atoms with van der Waals surface area (Å²) in [4.78, 5) is 24.4. The van der Waals surface area contributed by atoms with Crippen LogP contribution in [0.2, 0.25) is 0 Å². The first kappa shape index (κ1) is 16.2. The van der Waals surface area contributed by atoms with Crippen LogP contribution < -0.4 is 5.32 Å². The van der Waals surface area contributed by atoms with Gasteiger partial charge in [-0.1, -0.05) is 18.2 Å². The molecule has 0 aliphatic rings. The van der Waals surface area contributed by atoms with Gasteiger partial charge in [-0.25, -0.2) is 4.79 Å². The second-order valence-corrected chi connectivity index (χ2v) is 5.93. The molecule has 1 N–H and O–H groups in total. The Kier molecular flexibility index (Phi) is 6.15. The number of thiophene rings is 1. The standard InChI is InChI=1S/C17H19NO3S/c1-21-17(20)14-9-7-13(8-10-14)12-18-16(19)6-2-4-15-5-3-11-22-15/h3,5,7-11H,2,4,6,12H2,1H3,(H,18,19). The molecule has 2 rings (SSSR count). The van der Waals surface area contributed by atoms with Gasteiger partial charge < -0.3 is 10.1 Å². The zero-order valence-corrected chi connectivity index (χ0v) is 13.3. The van der Waals surface area contributed by atoms with Gasteiger partial charge in [0.1, 0.15) is 0 Å². The lowest BCUT2D eigenvalue weighted by atomic mass is 10.1. The Hall–Kier alpha value is -2.14. The lowest BCUT2D eigenvalue weighted by molar-refractivity contribution is -0.121. The highest BCUT2D eigenvalue weighted by molar-refractivity contribution is 7.09. The quantitative estimate of drug-likeness (QED) is 0.798. The lowest BCUT2D eigenvalue weighted by Crippen LogP contribution is -2.22. The van der Waals surface area contributed by atoms with Gasteiger partial charge in [0.25, 0.3) is 0 Å². The summed E-state index contributed by atoms with van der Waals surface area (Å²) >= 11 is 1.72. The summed E-state index contributed by atoms with van der Waals surface area (Å²) in [5.41, 5.74) is 1.47. The number of amides is 1. The van der Waals surface area contributed by atoms with Crippen molar-refractivity contribution in [2.45, 2.75) is 25.8 Å². The SMILES string of the molecule is COC(=O)c1ccc(CNC(=O)CCCc2cccs2)cc1. The Morgan fingerprint density at radius 1 is 1.18 bits per heavy atom. The zero-order chi connectivity index (χ0) is 15.8. The van der Waals surface area contributed by atoms with Gasteiger partial charge in [-0.15, -0.1) is 11.3 Å². The smallest absolute Gasteiger partial charge is 0.337 e. The fourth-order valence-corrected chi connectivity index (χ4v) is 2.79. The average Bonchev–Trinajstić information content (AvgIpc) is 3.06. The molecule has 0 aliphatic carbocycles. The van der Waals surface area contributed by atoms with E-state index in [1.807, 2.05) is 23.6 Å². The predicted molar refractivity (Wildman–Crippen MR) is 86.9 cm³/mol. The van der Waals surface area contributed by atoms with E-state index in [9.17, 15) is 9.59 Å². The molecule has 0 radical (unpaired) electrons. The molecule has 0 saturated heterocycles. The minimum absolute atomic E-state index is 0.0496. The molecule has 4 nitrogen and oxygen atoms in total. The first-order valence-corrected chi connectivity index (χ1v) is 8.03. The van der Waals surface area contributed by atoms with Crippen molar-refractivity contribution < 1.29 is 14.3 Å². The van der Waals surface area contributed by atoms with Crippen LogP contribution in [-0.2, 0) is 22.5 Å². The van der Waals surface area contributed by atoms with Crippen molar-refractivity contribution >= 4 is 23.2 Å². The van der Waals surface area contributed by atoms with E-state index in [4.69, 9.17) is 0 Å². The van der Waals surface area contributed by atoms with E-state index in [0.717, 1.165) is 18.4 Å². The Morgan fingerprint density at radius 2 is 1.95 bits per heavy atom. The summed E-state index contributed by atoms with van der Waals surface area (Å²) in [5.74, 6) is -0.308. The Bertz CT molecular complexity index is 605. The normalized spacial score (nSPS) is 10.2. The van der Waals surface area contributed by atoms with Crippen LogP contribution in [0.4, 0.5) is 0 Å². The van der Waals surface area contributed by atoms with Gasteiger partial charge in [0.05, 0.1) is 12.7 Å². The third kappa shape index (κ3) is 5.00. The number of carbonyl (C=O) groups excluding carboxylic acids is 2. The molecule has 0 fully saturated rings. The number of ether oxygens (including phenoxy) is 1. The van der Waals surface area contributed by atoms with Crippen LogP contribution in [-0.4, -0.2) is 19.0 Å². The van der Waals surface area contributed by atoms with Crippen LogP contribution in [0.15, 0.2) is 41.8 Å². The summed E-state index contributed by atoms with van der Waals surface area (Å²) in [7, 11) is 1.35. The van der Waals surface area contributed by atoms with Crippen molar-refractivity contribution in [3.8, 4) is 0 Å². The predicted octanol–water partition coefficient (Wildman–Crippen LogP) is 3.17. The third-order valence-electron chi connectivity index (χ3n) is 3.27. The molecule has 116 valence electrons. The van der Waals surface area contributed by atoms with Crippen molar-refractivity contribution in [2.24, 2.45) is 0 Å². The summed E-state index contributed by atoms with van der Waals surface area (Å²) in [6.07, 6.45) is 2.32. The van der Waals surface area contributed by atoms with Crippen LogP contribution in [0, 0.1) is 0 Å². The molecule has 0 aliphatic heterocycles. The number of nitrogens with one attached hydrogen (secondary N) is 1. The molecule has 0 spiro atoms. The molecule has 0 bridgehead atoms. The van der Waals surface area contributed by atoms with Crippen molar-refractivity contribution in [2.75, 3.05) is 7.11 Å². The molecule has 0 saturated carbocycles. The molecular formula is C17H19NO3S. The highest BCUT2D eigenvalue weighted by Crippen LogP contribution is 2.12. The molecule has 1 aromatic carbocycles. The third-order valence-corrected chi connectivity index (χ3v) is 4.21.